The summed E-state index contributed by atoms with van der Waals surface area (Å²) < 4.78 is 1.30. The number of hydrogen-bond acceptors (Lipinski definition) is 2. The second-order valence-electron chi connectivity index (χ2n) is 5.08. The van der Waals surface area contributed by atoms with E-state index in [1.807, 2.05) is 0 Å². The quantitative estimate of drug-likeness (QED) is 0.660. The van der Waals surface area contributed by atoms with Gasteiger partial charge in [-0.1, -0.05) is 26.0 Å². The average Bonchev–Trinajstić information content (AvgIpc) is 2.43. The topological polar surface area (TPSA) is 15.3 Å². The van der Waals surface area contributed by atoms with E-state index in [1.54, 1.807) is 0 Å². The standard InChI is InChI=1S/C16H27IN2/c1-4-19(5-2)12-6-7-14(3)18-13-15-8-10-16(17)11-9-15/h8-11,14,18H,4-7,12-13H2,1-3H3. The Labute approximate surface area is 132 Å². The van der Waals surface area contributed by atoms with Crippen LogP contribution in [0.3, 0.4) is 0 Å². The van der Waals surface area contributed by atoms with Gasteiger partial charge >= 0.3 is 0 Å². The van der Waals surface area contributed by atoms with Gasteiger partial charge in [0.25, 0.3) is 0 Å². The fourth-order valence-corrected chi connectivity index (χ4v) is 2.52. The monoisotopic (exact) mass is 374 g/mol. The number of halogens is 1. The molecule has 0 spiro atoms. The lowest BCUT2D eigenvalue weighted by Gasteiger charge is -2.19. The zero-order valence-electron chi connectivity index (χ0n) is 12.5. The maximum absolute atomic E-state index is 3.61. The summed E-state index contributed by atoms with van der Waals surface area (Å²) in [5, 5.41) is 3.61. The van der Waals surface area contributed by atoms with Crippen LogP contribution in [0.2, 0.25) is 0 Å². The van der Waals surface area contributed by atoms with Gasteiger partial charge in [-0.15, -0.1) is 0 Å². The van der Waals surface area contributed by atoms with Crippen molar-refractivity contribution in [1.29, 1.82) is 0 Å². The van der Waals surface area contributed by atoms with Crippen molar-refractivity contribution in [3.63, 3.8) is 0 Å². The number of benzene rings is 1. The Morgan fingerprint density at radius 3 is 2.37 bits per heavy atom. The average molecular weight is 374 g/mol. The number of nitrogens with one attached hydrogen (secondary N) is 1. The van der Waals surface area contributed by atoms with Gasteiger partial charge in [0.1, 0.15) is 0 Å². The maximum Gasteiger partial charge on any atom is 0.0207 e. The smallest absolute Gasteiger partial charge is 0.0207 e. The first-order valence-electron chi connectivity index (χ1n) is 7.35. The van der Waals surface area contributed by atoms with Crippen molar-refractivity contribution in [2.24, 2.45) is 0 Å². The minimum Gasteiger partial charge on any atom is -0.310 e. The Bertz CT molecular complexity index is 333. The molecule has 0 saturated carbocycles. The third kappa shape index (κ3) is 7.28. The number of nitrogens with zero attached hydrogens (tertiary/aromatic N) is 1. The summed E-state index contributed by atoms with van der Waals surface area (Å²) in [6, 6.07) is 9.34. The summed E-state index contributed by atoms with van der Waals surface area (Å²) in [5.74, 6) is 0. The summed E-state index contributed by atoms with van der Waals surface area (Å²) in [4.78, 5) is 2.49. The van der Waals surface area contributed by atoms with Crippen LogP contribution in [0, 0.1) is 3.57 Å². The van der Waals surface area contributed by atoms with Crippen LogP contribution in [-0.2, 0) is 6.54 Å². The first kappa shape index (κ1) is 16.9. The van der Waals surface area contributed by atoms with Gasteiger partial charge in [0, 0.05) is 16.2 Å². The van der Waals surface area contributed by atoms with Crippen LogP contribution in [0.25, 0.3) is 0 Å². The third-order valence-corrected chi connectivity index (χ3v) is 4.29. The second-order valence-corrected chi connectivity index (χ2v) is 6.32. The molecule has 0 aliphatic carbocycles. The molecule has 0 radical (unpaired) electrons. The Kier molecular flexibility index (Phi) is 8.66. The van der Waals surface area contributed by atoms with Crippen molar-refractivity contribution in [2.75, 3.05) is 19.6 Å². The van der Waals surface area contributed by atoms with Crippen LogP contribution in [0.5, 0.6) is 0 Å². The summed E-state index contributed by atoms with van der Waals surface area (Å²) >= 11 is 2.34. The molecule has 0 aliphatic rings. The SMILES string of the molecule is CCN(CC)CCCC(C)NCc1ccc(I)cc1. The molecule has 1 unspecified atom stereocenters. The first-order valence-corrected chi connectivity index (χ1v) is 8.43. The molecule has 19 heavy (non-hydrogen) atoms. The highest BCUT2D eigenvalue weighted by Gasteiger charge is 2.04. The van der Waals surface area contributed by atoms with Crippen molar-refractivity contribution in [3.8, 4) is 0 Å². The van der Waals surface area contributed by atoms with Gasteiger partial charge in [0.15, 0.2) is 0 Å². The van der Waals surface area contributed by atoms with E-state index in [-0.39, 0.29) is 0 Å². The molecule has 0 bridgehead atoms. The highest BCUT2D eigenvalue weighted by atomic mass is 127. The molecule has 1 aromatic rings. The Morgan fingerprint density at radius 1 is 1.16 bits per heavy atom. The van der Waals surface area contributed by atoms with E-state index in [2.05, 4.69) is 77.8 Å². The molecule has 0 fully saturated rings. The minimum atomic E-state index is 0.592. The van der Waals surface area contributed by atoms with Crippen molar-refractivity contribution in [2.45, 2.75) is 46.2 Å². The van der Waals surface area contributed by atoms with Crippen molar-refractivity contribution in [1.82, 2.24) is 10.2 Å². The van der Waals surface area contributed by atoms with Crippen LogP contribution in [0.1, 0.15) is 39.2 Å². The molecule has 2 nitrogen and oxygen atoms in total. The van der Waals surface area contributed by atoms with Crippen LogP contribution in [0.15, 0.2) is 24.3 Å². The Balaban J connectivity index is 2.17. The Hall–Kier alpha value is -0.130. The van der Waals surface area contributed by atoms with E-state index in [9.17, 15) is 0 Å². The lowest BCUT2D eigenvalue weighted by Crippen LogP contribution is -2.28. The highest BCUT2D eigenvalue weighted by Crippen LogP contribution is 2.07. The third-order valence-electron chi connectivity index (χ3n) is 3.57. The zero-order valence-corrected chi connectivity index (χ0v) is 14.6. The van der Waals surface area contributed by atoms with Crippen LogP contribution in [0.4, 0.5) is 0 Å². The summed E-state index contributed by atoms with van der Waals surface area (Å²) in [6.07, 6.45) is 2.53. The molecule has 0 amide bonds. The van der Waals surface area contributed by atoms with Gasteiger partial charge in [-0.2, -0.15) is 0 Å². The van der Waals surface area contributed by atoms with Gasteiger partial charge in [0.05, 0.1) is 0 Å². The minimum absolute atomic E-state index is 0.592. The molecule has 1 N–H and O–H groups in total. The molecule has 1 rings (SSSR count). The van der Waals surface area contributed by atoms with Crippen LogP contribution >= 0.6 is 22.6 Å². The van der Waals surface area contributed by atoms with E-state index < -0.39 is 0 Å². The molecular weight excluding hydrogens is 347 g/mol. The molecule has 1 aromatic carbocycles. The molecular formula is C16H27IN2. The molecule has 1 atom stereocenters. The van der Waals surface area contributed by atoms with Gasteiger partial charge in [-0.05, 0) is 79.7 Å². The number of hydrogen-bond donors (Lipinski definition) is 1. The Morgan fingerprint density at radius 2 is 1.79 bits per heavy atom. The van der Waals surface area contributed by atoms with E-state index in [4.69, 9.17) is 0 Å². The molecule has 0 aromatic heterocycles. The van der Waals surface area contributed by atoms with Crippen molar-refractivity contribution < 1.29 is 0 Å². The maximum atomic E-state index is 3.61. The molecule has 0 saturated heterocycles. The molecule has 0 aliphatic heterocycles. The van der Waals surface area contributed by atoms with E-state index in [0.717, 1.165) is 6.54 Å². The van der Waals surface area contributed by atoms with Gasteiger partial charge < -0.3 is 10.2 Å². The van der Waals surface area contributed by atoms with E-state index in [1.165, 1.54) is 41.6 Å². The van der Waals surface area contributed by atoms with Crippen molar-refractivity contribution >= 4 is 22.6 Å². The predicted molar refractivity (Wildman–Crippen MR) is 92.5 cm³/mol. The fraction of sp³-hybridized carbons (Fsp3) is 0.625. The normalized spacial score (nSPS) is 12.9. The fourth-order valence-electron chi connectivity index (χ4n) is 2.16. The van der Waals surface area contributed by atoms with Gasteiger partial charge in [-0.3, -0.25) is 0 Å². The van der Waals surface area contributed by atoms with E-state index >= 15 is 0 Å². The van der Waals surface area contributed by atoms with Crippen LogP contribution < -0.4 is 5.32 Å². The van der Waals surface area contributed by atoms with Gasteiger partial charge in [-0.25, -0.2) is 0 Å². The predicted octanol–water partition coefficient (Wildman–Crippen LogP) is 3.89. The second kappa shape index (κ2) is 9.72. The highest BCUT2D eigenvalue weighted by molar-refractivity contribution is 14.1. The largest absolute Gasteiger partial charge is 0.310 e. The van der Waals surface area contributed by atoms with Crippen LogP contribution in [-0.4, -0.2) is 30.6 Å². The molecule has 0 heterocycles. The molecule has 108 valence electrons. The number of rotatable bonds is 9. The lowest BCUT2D eigenvalue weighted by atomic mass is 10.1. The van der Waals surface area contributed by atoms with Gasteiger partial charge in [0.2, 0.25) is 0 Å². The summed E-state index contributed by atoms with van der Waals surface area (Å²) in [6.45, 7) is 11.3. The van der Waals surface area contributed by atoms with E-state index in [0.29, 0.717) is 6.04 Å². The molecule has 3 heteroatoms. The lowest BCUT2D eigenvalue weighted by molar-refractivity contribution is 0.290. The first-order chi connectivity index (χ1) is 9.15. The summed E-state index contributed by atoms with van der Waals surface area (Å²) in [7, 11) is 0. The summed E-state index contributed by atoms with van der Waals surface area (Å²) in [5.41, 5.74) is 1.37. The zero-order chi connectivity index (χ0) is 14.1. The van der Waals surface area contributed by atoms with Crippen molar-refractivity contribution in [3.05, 3.63) is 33.4 Å².